The van der Waals surface area contributed by atoms with E-state index in [4.69, 9.17) is 4.74 Å². The van der Waals surface area contributed by atoms with Crippen LogP contribution in [0, 0.1) is 6.92 Å². The van der Waals surface area contributed by atoms with E-state index in [0.717, 1.165) is 17.8 Å². The number of aromatic nitrogens is 5. The lowest BCUT2D eigenvalue weighted by Crippen LogP contribution is -2.31. The summed E-state index contributed by atoms with van der Waals surface area (Å²) in [5, 5.41) is 7.14. The Morgan fingerprint density at radius 2 is 1.82 bits per heavy atom. The van der Waals surface area contributed by atoms with Gasteiger partial charge in [-0.1, -0.05) is 12.1 Å². The standard InChI is InChI=1S/C23H21F3N6O2/c1-14-18(13-29-32(14)19-9-6-16(12-28-19)23(24,25)26)22(33)30-20(21-27-10-11-31(21)2)15-4-7-17(34-3)8-5-15/h4-13,20H,1-3H3,(H,30,33). The number of benzene rings is 1. The first-order chi connectivity index (χ1) is 16.2. The number of pyridine rings is 1. The monoisotopic (exact) mass is 470 g/mol. The van der Waals surface area contributed by atoms with Crippen LogP contribution in [0.2, 0.25) is 0 Å². The molecular formula is C23H21F3N6O2. The summed E-state index contributed by atoms with van der Waals surface area (Å²) in [7, 11) is 3.39. The summed E-state index contributed by atoms with van der Waals surface area (Å²) >= 11 is 0. The Balaban J connectivity index is 1.62. The number of hydrogen-bond acceptors (Lipinski definition) is 5. The Morgan fingerprint density at radius 1 is 1.09 bits per heavy atom. The highest BCUT2D eigenvalue weighted by atomic mass is 19.4. The summed E-state index contributed by atoms with van der Waals surface area (Å²) in [5.41, 5.74) is 0.613. The molecule has 0 aliphatic carbocycles. The minimum atomic E-state index is -4.49. The van der Waals surface area contributed by atoms with Crippen molar-refractivity contribution in [1.29, 1.82) is 0 Å². The molecular weight excluding hydrogens is 449 g/mol. The molecule has 1 amide bonds. The molecule has 0 spiro atoms. The Hall–Kier alpha value is -4.15. The summed E-state index contributed by atoms with van der Waals surface area (Å²) in [5.74, 6) is 1.04. The number of carbonyl (C=O) groups is 1. The average molecular weight is 470 g/mol. The Labute approximate surface area is 193 Å². The van der Waals surface area contributed by atoms with Crippen molar-refractivity contribution in [3.8, 4) is 11.6 Å². The summed E-state index contributed by atoms with van der Waals surface area (Å²) in [6.07, 6.45) is 1.01. The van der Waals surface area contributed by atoms with Gasteiger partial charge in [0.1, 0.15) is 17.6 Å². The molecule has 0 radical (unpaired) electrons. The molecule has 1 unspecified atom stereocenters. The summed E-state index contributed by atoms with van der Waals surface area (Å²) in [6.45, 7) is 1.64. The molecule has 1 atom stereocenters. The number of hydrogen-bond donors (Lipinski definition) is 1. The molecule has 0 fully saturated rings. The molecule has 176 valence electrons. The van der Waals surface area contributed by atoms with Crippen LogP contribution in [-0.4, -0.2) is 37.3 Å². The summed E-state index contributed by atoms with van der Waals surface area (Å²) in [4.78, 5) is 21.4. The van der Waals surface area contributed by atoms with Crippen LogP contribution in [0.3, 0.4) is 0 Å². The fraction of sp³-hybridized carbons (Fsp3) is 0.217. The van der Waals surface area contributed by atoms with Gasteiger partial charge in [-0.05, 0) is 36.8 Å². The van der Waals surface area contributed by atoms with Crippen LogP contribution < -0.4 is 10.1 Å². The zero-order chi connectivity index (χ0) is 24.5. The van der Waals surface area contributed by atoms with Crippen molar-refractivity contribution in [3.05, 3.63) is 89.4 Å². The molecule has 0 aliphatic heterocycles. The molecule has 4 rings (SSSR count). The van der Waals surface area contributed by atoms with Crippen LogP contribution in [0.1, 0.15) is 39.0 Å². The van der Waals surface area contributed by atoms with E-state index >= 15 is 0 Å². The number of nitrogens with zero attached hydrogens (tertiary/aromatic N) is 5. The molecule has 8 nitrogen and oxygen atoms in total. The summed E-state index contributed by atoms with van der Waals surface area (Å²) in [6, 6.07) is 8.81. The van der Waals surface area contributed by atoms with Crippen LogP contribution >= 0.6 is 0 Å². The molecule has 0 bridgehead atoms. The van der Waals surface area contributed by atoms with E-state index in [1.54, 1.807) is 43.1 Å². The topological polar surface area (TPSA) is 86.9 Å². The predicted octanol–water partition coefficient (Wildman–Crippen LogP) is 3.86. The van der Waals surface area contributed by atoms with E-state index in [1.807, 2.05) is 19.2 Å². The maximum absolute atomic E-state index is 13.2. The highest BCUT2D eigenvalue weighted by Crippen LogP contribution is 2.29. The largest absolute Gasteiger partial charge is 0.497 e. The first kappa shape index (κ1) is 23.0. The molecule has 1 aromatic carbocycles. The van der Waals surface area contributed by atoms with Gasteiger partial charge in [0.25, 0.3) is 5.91 Å². The first-order valence-corrected chi connectivity index (χ1v) is 10.2. The number of aryl methyl sites for hydroxylation is 1. The maximum Gasteiger partial charge on any atom is 0.417 e. The fourth-order valence-corrected chi connectivity index (χ4v) is 3.50. The van der Waals surface area contributed by atoms with E-state index in [0.29, 0.717) is 17.3 Å². The fourth-order valence-electron chi connectivity index (χ4n) is 3.50. The quantitative estimate of drug-likeness (QED) is 0.463. The molecule has 4 aromatic rings. The van der Waals surface area contributed by atoms with Gasteiger partial charge in [0.05, 0.1) is 30.1 Å². The van der Waals surface area contributed by atoms with Crippen LogP contribution in [0.4, 0.5) is 13.2 Å². The number of nitrogens with one attached hydrogen (secondary N) is 1. The SMILES string of the molecule is COc1ccc(C(NC(=O)c2cnn(-c3ccc(C(F)(F)F)cn3)c2C)c2nccn2C)cc1. The lowest BCUT2D eigenvalue weighted by atomic mass is 10.1. The molecule has 0 saturated heterocycles. The third-order valence-corrected chi connectivity index (χ3v) is 5.39. The van der Waals surface area contributed by atoms with Gasteiger partial charge in [-0.2, -0.15) is 18.3 Å². The highest BCUT2D eigenvalue weighted by Gasteiger charge is 2.31. The smallest absolute Gasteiger partial charge is 0.417 e. The molecule has 11 heteroatoms. The predicted molar refractivity (Wildman–Crippen MR) is 117 cm³/mol. The molecule has 0 aliphatic rings. The number of carbonyl (C=O) groups excluding carboxylic acids is 1. The van der Waals surface area contributed by atoms with E-state index in [-0.39, 0.29) is 11.4 Å². The van der Waals surface area contributed by atoms with E-state index in [1.165, 1.54) is 16.9 Å². The van der Waals surface area contributed by atoms with Crippen LogP contribution in [0.15, 0.2) is 61.2 Å². The Bertz CT molecular complexity index is 1290. The van der Waals surface area contributed by atoms with Crippen molar-refractivity contribution >= 4 is 5.91 Å². The van der Waals surface area contributed by atoms with Crippen molar-refractivity contribution in [2.24, 2.45) is 7.05 Å². The third-order valence-electron chi connectivity index (χ3n) is 5.39. The van der Waals surface area contributed by atoms with E-state index < -0.39 is 23.7 Å². The lowest BCUT2D eigenvalue weighted by molar-refractivity contribution is -0.137. The zero-order valence-corrected chi connectivity index (χ0v) is 18.5. The van der Waals surface area contributed by atoms with Gasteiger partial charge in [0.15, 0.2) is 5.82 Å². The van der Waals surface area contributed by atoms with Crippen LogP contribution in [0.5, 0.6) is 5.75 Å². The van der Waals surface area contributed by atoms with Gasteiger partial charge >= 0.3 is 6.18 Å². The molecule has 34 heavy (non-hydrogen) atoms. The minimum absolute atomic E-state index is 0.167. The number of amides is 1. The number of ether oxygens (including phenoxy) is 1. The van der Waals surface area contributed by atoms with Crippen molar-refractivity contribution in [1.82, 2.24) is 29.6 Å². The second-order valence-corrected chi connectivity index (χ2v) is 7.53. The van der Waals surface area contributed by atoms with Crippen molar-refractivity contribution in [2.75, 3.05) is 7.11 Å². The molecule has 1 N–H and O–H groups in total. The average Bonchev–Trinajstić information content (AvgIpc) is 3.42. The van der Waals surface area contributed by atoms with E-state index in [2.05, 4.69) is 20.4 Å². The van der Waals surface area contributed by atoms with Gasteiger partial charge in [0, 0.05) is 25.6 Å². The number of alkyl halides is 3. The number of methoxy groups -OCH3 is 1. The normalized spacial score (nSPS) is 12.4. The number of imidazole rings is 1. The van der Waals surface area contributed by atoms with Crippen molar-refractivity contribution < 1.29 is 22.7 Å². The third kappa shape index (κ3) is 4.49. The van der Waals surface area contributed by atoms with Gasteiger partial charge in [0.2, 0.25) is 0 Å². The van der Waals surface area contributed by atoms with Crippen LogP contribution in [0.25, 0.3) is 5.82 Å². The molecule has 3 aromatic heterocycles. The molecule has 3 heterocycles. The van der Waals surface area contributed by atoms with Gasteiger partial charge in [-0.25, -0.2) is 14.6 Å². The number of halogens is 3. The molecule has 0 saturated carbocycles. The Morgan fingerprint density at radius 3 is 2.38 bits per heavy atom. The second kappa shape index (κ2) is 9.00. The second-order valence-electron chi connectivity index (χ2n) is 7.53. The zero-order valence-electron chi connectivity index (χ0n) is 18.5. The minimum Gasteiger partial charge on any atom is -0.497 e. The number of rotatable bonds is 6. The maximum atomic E-state index is 13.2. The Kier molecular flexibility index (Phi) is 6.10. The van der Waals surface area contributed by atoms with Crippen molar-refractivity contribution in [2.45, 2.75) is 19.1 Å². The van der Waals surface area contributed by atoms with Gasteiger partial charge in [-0.3, -0.25) is 4.79 Å². The van der Waals surface area contributed by atoms with E-state index in [9.17, 15) is 18.0 Å². The highest BCUT2D eigenvalue weighted by molar-refractivity contribution is 5.95. The first-order valence-electron chi connectivity index (χ1n) is 10.2. The van der Waals surface area contributed by atoms with Gasteiger partial charge < -0.3 is 14.6 Å². The van der Waals surface area contributed by atoms with Crippen LogP contribution in [-0.2, 0) is 13.2 Å². The van der Waals surface area contributed by atoms with Gasteiger partial charge in [-0.15, -0.1) is 0 Å². The lowest BCUT2D eigenvalue weighted by Gasteiger charge is -2.19. The van der Waals surface area contributed by atoms with Crippen molar-refractivity contribution in [3.63, 3.8) is 0 Å². The summed E-state index contributed by atoms with van der Waals surface area (Å²) < 4.78 is 46.8.